The van der Waals surface area contributed by atoms with Crippen LogP contribution >= 0.6 is 23.1 Å². The highest BCUT2D eigenvalue weighted by Crippen LogP contribution is 2.26. The molecule has 1 heterocycles. The van der Waals surface area contributed by atoms with Crippen LogP contribution in [0.15, 0.2) is 16.3 Å². The molecule has 1 aromatic rings. The van der Waals surface area contributed by atoms with Gasteiger partial charge in [-0.2, -0.15) is 16.1 Å². The summed E-state index contributed by atoms with van der Waals surface area (Å²) in [5, 5.41) is 8.84. The molecule has 0 fully saturated rings. The predicted molar refractivity (Wildman–Crippen MR) is 77.9 cm³/mol. The van der Waals surface area contributed by atoms with Gasteiger partial charge in [-0.3, -0.25) is 0 Å². The molecular formula is C11H19NO3S3. The Hall–Kier alpha value is -0.0800. The molecule has 1 rings (SSSR count). The van der Waals surface area contributed by atoms with Gasteiger partial charge in [0.25, 0.3) is 10.0 Å². The maximum absolute atomic E-state index is 12.3. The molecule has 1 aromatic heterocycles. The lowest BCUT2D eigenvalue weighted by molar-refractivity contribution is 0.300. The largest absolute Gasteiger partial charge is 0.396 e. The van der Waals surface area contributed by atoms with Crippen molar-refractivity contribution >= 4 is 33.1 Å². The van der Waals surface area contributed by atoms with E-state index in [-0.39, 0.29) is 12.6 Å². The zero-order valence-electron chi connectivity index (χ0n) is 10.8. The molecule has 0 amide bonds. The van der Waals surface area contributed by atoms with Crippen molar-refractivity contribution < 1.29 is 13.5 Å². The third kappa shape index (κ3) is 3.71. The first kappa shape index (κ1) is 16.0. The molecule has 1 atom stereocenters. The molecule has 0 aliphatic heterocycles. The van der Waals surface area contributed by atoms with E-state index in [4.69, 9.17) is 5.11 Å². The van der Waals surface area contributed by atoms with Gasteiger partial charge in [0.15, 0.2) is 0 Å². The van der Waals surface area contributed by atoms with Gasteiger partial charge in [0.1, 0.15) is 4.21 Å². The molecule has 0 bridgehead atoms. The van der Waals surface area contributed by atoms with Crippen LogP contribution in [0.3, 0.4) is 0 Å². The SMILES string of the molecule is CSCC(C)N(C)S(=O)(=O)c1ccc(CCO)s1. The Bertz CT molecular complexity index is 470. The zero-order chi connectivity index (χ0) is 13.8. The smallest absolute Gasteiger partial charge is 0.252 e. The first-order chi connectivity index (χ1) is 8.43. The van der Waals surface area contributed by atoms with E-state index in [1.807, 2.05) is 13.2 Å². The summed E-state index contributed by atoms with van der Waals surface area (Å²) in [6, 6.07) is 3.35. The zero-order valence-corrected chi connectivity index (χ0v) is 13.2. The van der Waals surface area contributed by atoms with E-state index in [9.17, 15) is 8.42 Å². The van der Waals surface area contributed by atoms with Gasteiger partial charge in [0, 0.05) is 36.7 Å². The van der Waals surface area contributed by atoms with Gasteiger partial charge in [-0.05, 0) is 25.3 Å². The number of aliphatic hydroxyl groups excluding tert-OH is 1. The normalized spacial score (nSPS) is 14.1. The van der Waals surface area contributed by atoms with Crippen molar-refractivity contribution in [2.75, 3.05) is 25.7 Å². The molecule has 4 nitrogen and oxygen atoms in total. The van der Waals surface area contributed by atoms with Crippen LogP contribution in [0.4, 0.5) is 0 Å². The summed E-state index contributed by atoms with van der Waals surface area (Å²) < 4.78 is 26.4. The lowest BCUT2D eigenvalue weighted by Crippen LogP contribution is -2.36. The van der Waals surface area contributed by atoms with E-state index in [2.05, 4.69) is 0 Å². The summed E-state index contributed by atoms with van der Waals surface area (Å²) in [5.41, 5.74) is 0. The summed E-state index contributed by atoms with van der Waals surface area (Å²) in [6.07, 6.45) is 2.46. The van der Waals surface area contributed by atoms with E-state index >= 15 is 0 Å². The molecule has 0 saturated heterocycles. The molecule has 0 spiro atoms. The molecule has 104 valence electrons. The minimum atomic E-state index is -3.40. The molecule has 7 heteroatoms. The summed E-state index contributed by atoms with van der Waals surface area (Å²) in [5.74, 6) is 0.768. The maximum Gasteiger partial charge on any atom is 0.252 e. The van der Waals surface area contributed by atoms with Crippen LogP contribution < -0.4 is 0 Å². The van der Waals surface area contributed by atoms with Crippen LogP contribution in [0.5, 0.6) is 0 Å². The number of nitrogens with zero attached hydrogens (tertiary/aromatic N) is 1. The Morgan fingerprint density at radius 2 is 2.17 bits per heavy atom. The number of hydrogen-bond acceptors (Lipinski definition) is 5. The third-order valence-electron chi connectivity index (χ3n) is 2.66. The van der Waals surface area contributed by atoms with Crippen LogP contribution in [0, 0.1) is 0 Å². The van der Waals surface area contributed by atoms with Crippen LogP contribution in [-0.4, -0.2) is 49.5 Å². The van der Waals surface area contributed by atoms with Crippen molar-refractivity contribution in [3.8, 4) is 0 Å². The molecule has 1 unspecified atom stereocenters. The van der Waals surface area contributed by atoms with Gasteiger partial charge < -0.3 is 5.11 Å². The Morgan fingerprint density at radius 3 is 2.72 bits per heavy atom. The molecule has 0 radical (unpaired) electrons. The van der Waals surface area contributed by atoms with Crippen LogP contribution in [0.2, 0.25) is 0 Å². The number of aliphatic hydroxyl groups is 1. The Labute approximate surface area is 117 Å². The minimum Gasteiger partial charge on any atom is -0.396 e. The van der Waals surface area contributed by atoms with Gasteiger partial charge in [-0.15, -0.1) is 11.3 Å². The minimum absolute atomic E-state index is 0.0339. The first-order valence-electron chi connectivity index (χ1n) is 5.60. The van der Waals surface area contributed by atoms with Crippen molar-refractivity contribution in [1.29, 1.82) is 0 Å². The number of thioether (sulfide) groups is 1. The summed E-state index contributed by atoms with van der Waals surface area (Å²) in [4.78, 5) is 0.891. The Balaban J connectivity index is 2.90. The molecule has 0 aliphatic carbocycles. The second kappa shape index (κ2) is 6.91. The number of rotatable bonds is 7. The van der Waals surface area contributed by atoms with Gasteiger partial charge in [0.05, 0.1) is 0 Å². The highest BCUT2D eigenvalue weighted by molar-refractivity contribution is 7.98. The van der Waals surface area contributed by atoms with Crippen LogP contribution in [-0.2, 0) is 16.4 Å². The fourth-order valence-electron chi connectivity index (χ4n) is 1.47. The quantitative estimate of drug-likeness (QED) is 0.832. The lowest BCUT2D eigenvalue weighted by atomic mass is 10.4. The fourth-order valence-corrected chi connectivity index (χ4v) is 5.16. The fraction of sp³-hybridized carbons (Fsp3) is 0.636. The average Bonchev–Trinajstić information content (AvgIpc) is 2.78. The van der Waals surface area contributed by atoms with Crippen molar-refractivity contribution in [2.24, 2.45) is 0 Å². The van der Waals surface area contributed by atoms with Gasteiger partial charge in [-0.25, -0.2) is 8.42 Å². The van der Waals surface area contributed by atoms with E-state index in [0.717, 1.165) is 10.6 Å². The molecule has 0 aliphatic rings. The molecule has 1 N–H and O–H groups in total. The topological polar surface area (TPSA) is 57.6 Å². The third-order valence-corrected chi connectivity index (χ3v) is 7.06. The van der Waals surface area contributed by atoms with Crippen molar-refractivity contribution in [3.05, 3.63) is 17.0 Å². The number of thiophene rings is 1. The standard InChI is InChI=1S/C11H19NO3S3/c1-9(8-16-3)12(2)18(14,15)11-5-4-10(17-11)6-7-13/h4-5,9,13H,6-8H2,1-3H3. The summed E-state index contributed by atoms with van der Waals surface area (Å²) in [6.45, 7) is 1.94. The Morgan fingerprint density at radius 1 is 1.50 bits per heavy atom. The maximum atomic E-state index is 12.3. The predicted octanol–water partition coefficient (Wildman–Crippen LogP) is 1.65. The highest BCUT2D eigenvalue weighted by atomic mass is 32.2. The van der Waals surface area contributed by atoms with E-state index in [0.29, 0.717) is 10.6 Å². The average molecular weight is 309 g/mol. The number of sulfonamides is 1. The number of hydrogen-bond donors (Lipinski definition) is 1. The lowest BCUT2D eigenvalue weighted by Gasteiger charge is -2.22. The first-order valence-corrected chi connectivity index (χ1v) is 9.25. The van der Waals surface area contributed by atoms with Crippen molar-refractivity contribution in [1.82, 2.24) is 4.31 Å². The summed E-state index contributed by atoms with van der Waals surface area (Å²) >= 11 is 2.86. The van der Waals surface area contributed by atoms with E-state index in [1.54, 1.807) is 30.9 Å². The summed E-state index contributed by atoms with van der Waals surface area (Å²) in [7, 11) is -1.79. The molecule has 0 aromatic carbocycles. The Kier molecular flexibility index (Phi) is 6.13. The molecule has 18 heavy (non-hydrogen) atoms. The van der Waals surface area contributed by atoms with Gasteiger partial charge >= 0.3 is 0 Å². The van der Waals surface area contributed by atoms with Crippen LogP contribution in [0.25, 0.3) is 0 Å². The van der Waals surface area contributed by atoms with Gasteiger partial charge in [-0.1, -0.05) is 0 Å². The molecular weight excluding hydrogens is 290 g/mol. The van der Waals surface area contributed by atoms with E-state index < -0.39 is 10.0 Å². The van der Waals surface area contributed by atoms with E-state index in [1.165, 1.54) is 15.6 Å². The monoisotopic (exact) mass is 309 g/mol. The van der Waals surface area contributed by atoms with Gasteiger partial charge in [0.2, 0.25) is 0 Å². The van der Waals surface area contributed by atoms with Crippen molar-refractivity contribution in [2.45, 2.75) is 23.6 Å². The second-order valence-corrected chi connectivity index (χ2v) is 8.32. The highest BCUT2D eigenvalue weighted by Gasteiger charge is 2.26. The van der Waals surface area contributed by atoms with Crippen molar-refractivity contribution in [3.63, 3.8) is 0 Å². The molecule has 0 saturated carbocycles. The van der Waals surface area contributed by atoms with Crippen LogP contribution in [0.1, 0.15) is 11.8 Å². The second-order valence-electron chi connectivity index (χ2n) is 4.02.